The van der Waals surface area contributed by atoms with Gasteiger partial charge in [0.15, 0.2) is 0 Å². The highest BCUT2D eigenvalue weighted by atomic mass is 16.6. The SMILES string of the molecule is C/C1=C\CC/C=C(\C)CCC2(C)OC2CC1. The Bertz CT molecular complexity index is 313. The zero-order chi connectivity index (χ0) is 11.6. The summed E-state index contributed by atoms with van der Waals surface area (Å²) < 4.78 is 5.86. The first-order chi connectivity index (χ1) is 7.60. The minimum absolute atomic E-state index is 0.189. The van der Waals surface area contributed by atoms with Crippen LogP contribution in [0.25, 0.3) is 0 Å². The van der Waals surface area contributed by atoms with Gasteiger partial charge in [-0.2, -0.15) is 0 Å². The van der Waals surface area contributed by atoms with Gasteiger partial charge in [-0.05, 0) is 59.3 Å². The molecule has 0 aromatic rings. The third-order valence-electron chi connectivity index (χ3n) is 4.00. The van der Waals surface area contributed by atoms with Gasteiger partial charge in [0.25, 0.3) is 0 Å². The van der Waals surface area contributed by atoms with Crippen LogP contribution in [-0.4, -0.2) is 11.7 Å². The van der Waals surface area contributed by atoms with Gasteiger partial charge in [-0.1, -0.05) is 23.3 Å². The molecular weight excluding hydrogens is 196 g/mol. The molecule has 0 saturated carbocycles. The van der Waals surface area contributed by atoms with E-state index in [-0.39, 0.29) is 5.60 Å². The first-order valence-corrected chi connectivity index (χ1v) is 6.59. The number of rotatable bonds is 0. The van der Waals surface area contributed by atoms with E-state index in [1.54, 1.807) is 0 Å². The van der Waals surface area contributed by atoms with E-state index in [0.29, 0.717) is 6.10 Å². The summed E-state index contributed by atoms with van der Waals surface area (Å²) >= 11 is 0. The van der Waals surface area contributed by atoms with Crippen molar-refractivity contribution >= 4 is 0 Å². The van der Waals surface area contributed by atoms with Crippen LogP contribution in [0.4, 0.5) is 0 Å². The minimum Gasteiger partial charge on any atom is -0.366 e. The molecule has 2 unspecified atom stereocenters. The first-order valence-electron chi connectivity index (χ1n) is 6.59. The van der Waals surface area contributed by atoms with Gasteiger partial charge in [0, 0.05) is 0 Å². The molecule has 16 heavy (non-hydrogen) atoms. The van der Waals surface area contributed by atoms with Crippen molar-refractivity contribution in [3.8, 4) is 0 Å². The fraction of sp³-hybridized carbons (Fsp3) is 0.733. The molecule has 0 N–H and O–H groups in total. The molecule has 0 spiro atoms. The van der Waals surface area contributed by atoms with Crippen LogP contribution in [0.1, 0.15) is 59.3 Å². The van der Waals surface area contributed by atoms with Crippen LogP contribution in [0.3, 0.4) is 0 Å². The second kappa shape index (κ2) is 4.75. The fourth-order valence-corrected chi connectivity index (χ4v) is 2.54. The molecule has 1 heteroatoms. The summed E-state index contributed by atoms with van der Waals surface area (Å²) in [6, 6.07) is 0. The molecule has 0 aromatic carbocycles. The van der Waals surface area contributed by atoms with E-state index in [1.807, 2.05) is 0 Å². The lowest BCUT2D eigenvalue weighted by molar-refractivity contribution is 0.294. The van der Waals surface area contributed by atoms with Crippen molar-refractivity contribution in [3.63, 3.8) is 0 Å². The van der Waals surface area contributed by atoms with Gasteiger partial charge < -0.3 is 4.74 Å². The van der Waals surface area contributed by atoms with Crippen LogP contribution < -0.4 is 0 Å². The third-order valence-corrected chi connectivity index (χ3v) is 4.00. The Labute approximate surface area is 99.6 Å². The predicted molar refractivity (Wildman–Crippen MR) is 68.5 cm³/mol. The van der Waals surface area contributed by atoms with Gasteiger partial charge >= 0.3 is 0 Å². The smallest absolute Gasteiger partial charge is 0.0923 e. The molecular formula is C15H24O. The van der Waals surface area contributed by atoms with Crippen LogP contribution in [0.15, 0.2) is 23.3 Å². The number of allylic oxidation sites excluding steroid dienone is 4. The topological polar surface area (TPSA) is 12.5 Å². The summed E-state index contributed by atoms with van der Waals surface area (Å²) in [6.07, 6.45) is 12.5. The van der Waals surface area contributed by atoms with Gasteiger partial charge in [-0.15, -0.1) is 0 Å². The summed E-state index contributed by atoms with van der Waals surface area (Å²) in [7, 11) is 0. The van der Waals surface area contributed by atoms with Crippen LogP contribution in [-0.2, 0) is 4.74 Å². The van der Waals surface area contributed by atoms with Crippen LogP contribution >= 0.6 is 0 Å². The maximum atomic E-state index is 5.86. The molecule has 1 fully saturated rings. The van der Waals surface area contributed by atoms with E-state index in [1.165, 1.54) is 49.7 Å². The fourth-order valence-electron chi connectivity index (χ4n) is 2.54. The zero-order valence-corrected chi connectivity index (χ0v) is 10.9. The molecule has 1 heterocycles. The summed E-state index contributed by atoms with van der Waals surface area (Å²) in [4.78, 5) is 0. The Kier molecular flexibility index (Phi) is 3.53. The lowest BCUT2D eigenvalue weighted by atomic mass is 9.94. The molecule has 0 amide bonds. The minimum atomic E-state index is 0.189. The molecule has 1 aliphatic carbocycles. The molecule has 2 rings (SSSR count). The number of epoxide rings is 1. The number of ether oxygens (including phenoxy) is 1. The Balaban J connectivity index is 1.99. The summed E-state index contributed by atoms with van der Waals surface area (Å²) in [5.74, 6) is 0. The zero-order valence-electron chi connectivity index (χ0n) is 10.9. The van der Waals surface area contributed by atoms with Gasteiger partial charge in [0.2, 0.25) is 0 Å². The average Bonchev–Trinajstić information content (AvgIpc) is 2.90. The van der Waals surface area contributed by atoms with Crippen LogP contribution in [0.5, 0.6) is 0 Å². The lowest BCUT2D eigenvalue weighted by Gasteiger charge is -2.08. The average molecular weight is 220 g/mol. The van der Waals surface area contributed by atoms with Crippen molar-refractivity contribution in [2.75, 3.05) is 0 Å². The molecule has 1 aliphatic heterocycles. The molecule has 2 atom stereocenters. The summed E-state index contributed by atoms with van der Waals surface area (Å²) in [5, 5.41) is 0. The Morgan fingerprint density at radius 1 is 1.12 bits per heavy atom. The largest absolute Gasteiger partial charge is 0.366 e. The van der Waals surface area contributed by atoms with Crippen molar-refractivity contribution in [1.82, 2.24) is 0 Å². The highest BCUT2D eigenvalue weighted by Crippen LogP contribution is 2.44. The van der Waals surface area contributed by atoms with E-state index in [2.05, 4.69) is 32.9 Å². The van der Waals surface area contributed by atoms with Crippen molar-refractivity contribution in [2.45, 2.75) is 71.0 Å². The second-order valence-electron chi connectivity index (χ2n) is 5.64. The molecule has 0 bridgehead atoms. The molecule has 0 radical (unpaired) electrons. The van der Waals surface area contributed by atoms with Crippen molar-refractivity contribution < 1.29 is 4.74 Å². The van der Waals surface area contributed by atoms with Crippen molar-refractivity contribution in [3.05, 3.63) is 23.3 Å². The van der Waals surface area contributed by atoms with E-state index in [9.17, 15) is 0 Å². The second-order valence-corrected chi connectivity index (χ2v) is 5.64. The highest BCUT2D eigenvalue weighted by molar-refractivity contribution is 5.09. The molecule has 1 nitrogen and oxygen atoms in total. The van der Waals surface area contributed by atoms with Crippen LogP contribution in [0.2, 0.25) is 0 Å². The maximum Gasteiger partial charge on any atom is 0.0923 e. The summed E-state index contributed by atoms with van der Waals surface area (Å²) in [6.45, 7) is 6.78. The first kappa shape index (κ1) is 11.9. The lowest BCUT2D eigenvalue weighted by Crippen LogP contribution is -2.10. The van der Waals surface area contributed by atoms with Crippen LogP contribution in [0, 0.1) is 0 Å². The number of fused-ring (bicyclic) bond motifs is 1. The van der Waals surface area contributed by atoms with Crippen molar-refractivity contribution in [2.24, 2.45) is 0 Å². The van der Waals surface area contributed by atoms with E-state index in [4.69, 9.17) is 4.74 Å². The number of hydrogen-bond donors (Lipinski definition) is 0. The molecule has 1 saturated heterocycles. The Hall–Kier alpha value is -0.560. The third kappa shape index (κ3) is 2.98. The normalized spacial score (nSPS) is 42.8. The summed E-state index contributed by atoms with van der Waals surface area (Å²) in [5.41, 5.74) is 3.25. The van der Waals surface area contributed by atoms with Crippen molar-refractivity contribution in [1.29, 1.82) is 0 Å². The van der Waals surface area contributed by atoms with Gasteiger partial charge in [0.1, 0.15) is 0 Å². The molecule has 2 aliphatic rings. The van der Waals surface area contributed by atoms with Gasteiger partial charge in [-0.3, -0.25) is 0 Å². The Morgan fingerprint density at radius 3 is 2.44 bits per heavy atom. The van der Waals surface area contributed by atoms with E-state index in [0.717, 1.165) is 0 Å². The van der Waals surface area contributed by atoms with E-state index >= 15 is 0 Å². The maximum absolute atomic E-state index is 5.86. The standard InChI is InChI=1S/C15H24O/c1-12-6-4-5-7-13(2)10-11-15(3)14(16-15)9-8-12/h6-7,14H,4-5,8-11H2,1-3H3/b12-6+,13-7+. The quantitative estimate of drug-likeness (QED) is 0.435. The Morgan fingerprint density at radius 2 is 1.75 bits per heavy atom. The van der Waals surface area contributed by atoms with Gasteiger partial charge in [0.05, 0.1) is 11.7 Å². The predicted octanol–water partition coefficient (Wildman–Crippen LogP) is 4.39. The number of hydrogen-bond acceptors (Lipinski definition) is 1. The van der Waals surface area contributed by atoms with Gasteiger partial charge in [-0.25, -0.2) is 0 Å². The monoisotopic (exact) mass is 220 g/mol. The molecule has 0 aromatic heterocycles. The molecule has 90 valence electrons. The highest BCUT2D eigenvalue weighted by Gasteiger charge is 2.50. The van der Waals surface area contributed by atoms with E-state index < -0.39 is 0 Å².